The molecule has 1 N–H and O–H groups in total. The Balaban J connectivity index is 1.87. The zero-order valence-corrected chi connectivity index (χ0v) is 17.0. The van der Waals surface area contributed by atoms with Crippen molar-refractivity contribution >= 4 is 22.4 Å². The molecule has 0 saturated heterocycles. The van der Waals surface area contributed by atoms with Gasteiger partial charge in [-0.25, -0.2) is 0 Å². The lowest BCUT2D eigenvalue weighted by atomic mass is 10.0. The maximum atomic E-state index is 12.8. The number of hydrogen-bond acceptors (Lipinski definition) is 4. The zero-order chi connectivity index (χ0) is 21.0. The summed E-state index contributed by atoms with van der Waals surface area (Å²) < 4.78 is 11.6. The van der Waals surface area contributed by atoms with Gasteiger partial charge >= 0.3 is 0 Å². The van der Waals surface area contributed by atoms with Crippen LogP contribution < -0.4 is 14.8 Å². The first-order valence-electron chi connectivity index (χ1n) is 9.57. The van der Waals surface area contributed by atoms with Crippen LogP contribution in [0.25, 0.3) is 10.8 Å². The van der Waals surface area contributed by atoms with Gasteiger partial charge in [0, 0.05) is 29.4 Å². The molecule has 5 heteroatoms. The van der Waals surface area contributed by atoms with Crippen molar-refractivity contribution in [2.75, 3.05) is 5.32 Å². The van der Waals surface area contributed by atoms with Gasteiger partial charge < -0.3 is 14.8 Å². The number of anilines is 1. The molecule has 0 aliphatic rings. The molecule has 0 unspecified atom stereocenters. The summed E-state index contributed by atoms with van der Waals surface area (Å²) in [4.78, 5) is 12.8. The first-order chi connectivity index (χ1) is 13.8. The maximum absolute atomic E-state index is 12.8. The lowest BCUT2D eigenvalue weighted by molar-refractivity contribution is 0.102. The second kappa shape index (κ2) is 8.66. The molecule has 0 aliphatic heterocycles. The van der Waals surface area contributed by atoms with Gasteiger partial charge in [0.15, 0.2) is 0 Å². The molecule has 0 spiro atoms. The van der Waals surface area contributed by atoms with E-state index in [-0.39, 0.29) is 18.1 Å². The number of rotatable bonds is 6. The lowest BCUT2D eigenvalue weighted by Gasteiger charge is -2.16. The van der Waals surface area contributed by atoms with E-state index in [9.17, 15) is 4.79 Å². The molecule has 3 rings (SSSR count). The number of fused-ring (bicyclic) bond motifs is 1. The number of benzene rings is 3. The van der Waals surface area contributed by atoms with Crippen molar-refractivity contribution < 1.29 is 14.3 Å². The van der Waals surface area contributed by atoms with Crippen LogP contribution in [0.5, 0.6) is 11.5 Å². The van der Waals surface area contributed by atoms with Gasteiger partial charge in [0.05, 0.1) is 23.8 Å². The fraction of sp³-hybridized carbons (Fsp3) is 0.250. The number of amides is 1. The Kier molecular flexibility index (Phi) is 6.04. The van der Waals surface area contributed by atoms with Crippen molar-refractivity contribution in [2.24, 2.45) is 0 Å². The van der Waals surface area contributed by atoms with E-state index in [1.54, 1.807) is 30.3 Å². The van der Waals surface area contributed by atoms with E-state index < -0.39 is 0 Å². The quantitative estimate of drug-likeness (QED) is 0.602. The molecule has 3 aromatic rings. The third-order valence-electron chi connectivity index (χ3n) is 4.11. The van der Waals surface area contributed by atoms with Crippen LogP contribution in [-0.4, -0.2) is 18.1 Å². The highest BCUT2D eigenvalue weighted by atomic mass is 16.5. The SMILES string of the molecule is CC(C)Oc1cc(NC(=O)c2ccc3cc(C#N)ccc3c2)cc(OC(C)C)c1. The minimum absolute atomic E-state index is 0.00615. The van der Waals surface area contributed by atoms with E-state index in [2.05, 4.69) is 11.4 Å². The second-order valence-corrected chi connectivity index (χ2v) is 7.37. The molecule has 148 valence electrons. The lowest BCUT2D eigenvalue weighted by Crippen LogP contribution is -2.13. The zero-order valence-electron chi connectivity index (χ0n) is 17.0. The molecular formula is C24H24N2O3. The average Bonchev–Trinajstić information content (AvgIpc) is 2.65. The normalized spacial score (nSPS) is 10.8. The number of nitrogens with zero attached hydrogens (tertiary/aromatic N) is 1. The average molecular weight is 388 g/mol. The Labute approximate surface area is 170 Å². The molecule has 0 bridgehead atoms. The van der Waals surface area contributed by atoms with E-state index in [1.165, 1.54) is 0 Å². The van der Waals surface area contributed by atoms with E-state index in [4.69, 9.17) is 14.7 Å². The molecule has 1 amide bonds. The highest BCUT2D eigenvalue weighted by molar-refractivity contribution is 6.06. The summed E-state index contributed by atoms with van der Waals surface area (Å²) in [7, 11) is 0. The number of hydrogen-bond donors (Lipinski definition) is 1. The number of nitrogens with one attached hydrogen (secondary N) is 1. The van der Waals surface area contributed by atoms with Crippen LogP contribution in [0.4, 0.5) is 5.69 Å². The van der Waals surface area contributed by atoms with Gasteiger partial charge in [-0.05, 0) is 62.7 Å². The Bertz CT molecular complexity index is 1050. The molecule has 0 fully saturated rings. The van der Waals surface area contributed by atoms with Gasteiger partial charge in [0.2, 0.25) is 0 Å². The third-order valence-corrected chi connectivity index (χ3v) is 4.11. The molecule has 29 heavy (non-hydrogen) atoms. The molecule has 0 saturated carbocycles. The fourth-order valence-corrected chi connectivity index (χ4v) is 2.98. The first-order valence-corrected chi connectivity index (χ1v) is 9.57. The summed E-state index contributed by atoms with van der Waals surface area (Å²) in [5.74, 6) is 1.04. The van der Waals surface area contributed by atoms with Gasteiger partial charge in [-0.3, -0.25) is 4.79 Å². The van der Waals surface area contributed by atoms with Crippen molar-refractivity contribution in [2.45, 2.75) is 39.9 Å². The Morgan fingerprint density at radius 1 is 0.862 bits per heavy atom. The van der Waals surface area contributed by atoms with Gasteiger partial charge in [-0.1, -0.05) is 12.1 Å². The summed E-state index contributed by atoms with van der Waals surface area (Å²) in [6.07, 6.45) is 0.0123. The summed E-state index contributed by atoms with van der Waals surface area (Å²) in [6, 6.07) is 18.3. The molecule has 0 atom stereocenters. The van der Waals surface area contributed by atoms with Crippen LogP contribution in [-0.2, 0) is 0 Å². The topological polar surface area (TPSA) is 71.3 Å². The standard InChI is InChI=1S/C24H24N2O3/c1-15(2)28-22-11-21(12-23(13-22)29-16(3)4)26-24(27)20-8-7-18-9-17(14-25)5-6-19(18)10-20/h5-13,15-16H,1-4H3,(H,26,27). The molecule has 0 heterocycles. The van der Waals surface area contributed by atoms with Gasteiger partial charge in [-0.15, -0.1) is 0 Å². The smallest absolute Gasteiger partial charge is 0.255 e. The number of carbonyl (C=O) groups is 1. The molecule has 5 nitrogen and oxygen atoms in total. The van der Waals surface area contributed by atoms with Crippen LogP contribution in [0.3, 0.4) is 0 Å². The molecule has 0 aliphatic carbocycles. The Morgan fingerprint density at radius 2 is 1.45 bits per heavy atom. The summed E-state index contributed by atoms with van der Waals surface area (Å²) >= 11 is 0. The second-order valence-electron chi connectivity index (χ2n) is 7.37. The molecule has 0 radical (unpaired) electrons. The molecule has 3 aromatic carbocycles. The summed E-state index contributed by atoms with van der Waals surface area (Å²) in [6.45, 7) is 7.78. The van der Waals surface area contributed by atoms with E-state index >= 15 is 0 Å². The Morgan fingerprint density at radius 3 is 2.03 bits per heavy atom. The third kappa shape index (κ3) is 5.26. The van der Waals surface area contributed by atoms with Crippen LogP contribution >= 0.6 is 0 Å². The van der Waals surface area contributed by atoms with Gasteiger partial charge in [0.25, 0.3) is 5.91 Å². The van der Waals surface area contributed by atoms with Crippen LogP contribution in [0.15, 0.2) is 54.6 Å². The number of carbonyl (C=O) groups excluding carboxylic acids is 1. The molecule has 0 aromatic heterocycles. The van der Waals surface area contributed by atoms with Crippen molar-refractivity contribution in [3.63, 3.8) is 0 Å². The first kappa shape index (κ1) is 20.2. The van der Waals surface area contributed by atoms with Crippen LogP contribution in [0, 0.1) is 11.3 Å². The minimum atomic E-state index is -0.228. The van der Waals surface area contributed by atoms with E-state index in [0.717, 1.165) is 10.8 Å². The largest absolute Gasteiger partial charge is 0.491 e. The number of nitriles is 1. The van der Waals surface area contributed by atoms with Gasteiger partial charge in [0.1, 0.15) is 11.5 Å². The summed E-state index contributed by atoms with van der Waals surface area (Å²) in [5, 5.41) is 13.8. The van der Waals surface area contributed by atoms with Crippen LogP contribution in [0.2, 0.25) is 0 Å². The fourth-order valence-electron chi connectivity index (χ4n) is 2.98. The monoisotopic (exact) mass is 388 g/mol. The van der Waals surface area contributed by atoms with Crippen LogP contribution in [0.1, 0.15) is 43.6 Å². The predicted molar refractivity (Wildman–Crippen MR) is 115 cm³/mol. The van der Waals surface area contributed by atoms with Crippen molar-refractivity contribution in [3.05, 3.63) is 65.7 Å². The van der Waals surface area contributed by atoms with Crippen molar-refractivity contribution in [1.82, 2.24) is 0 Å². The Hall–Kier alpha value is -3.52. The van der Waals surface area contributed by atoms with Gasteiger partial charge in [-0.2, -0.15) is 5.26 Å². The minimum Gasteiger partial charge on any atom is -0.491 e. The van der Waals surface area contributed by atoms with Crippen molar-refractivity contribution in [1.29, 1.82) is 5.26 Å². The maximum Gasteiger partial charge on any atom is 0.255 e. The highest BCUT2D eigenvalue weighted by Crippen LogP contribution is 2.28. The predicted octanol–water partition coefficient (Wildman–Crippen LogP) is 5.54. The number of ether oxygens (including phenoxy) is 2. The van der Waals surface area contributed by atoms with E-state index in [0.29, 0.717) is 28.3 Å². The molecular weight excluding hydrogens is 364 g/mol. The van der Waals surface area contributed by atoms with Crippen molar-refractivity contribution in [3.8, 4) is 17.6 Å². The van der Waals surface area contributed by atoms with E-state index in [1.807, 2.05) is 52.0 Å². The summed E-state index contributed by atoms with van der Waals surface area (Å²) in [5.41, 5.74) is 1.72. The highest BCUT2D eigenvalue weighted by Gasteiger charge is 2.11.